The number of ether oxygens (including phenoxy) is 2. The van der Waals surface area contributed by atoms with E-state index < -0.39 is 37.8 Å². The van der Waals surface area contributed by atoms with Gasteiger partial charge in [0.2, 0.25) is 0 Å². The Labute approximate surface area is 288 Å². The second-order valence-electron chi connectivity index (χ2n) is 14.5. The zero-order valence-corrected chi connectivity index (χ0v) is 29.7. The highest BCUT2D eigenvalue weighted by molar-refractivity contribution is 7.93. The van der Waals surface area contributed by atoms with E-state index in [0.29, 0.717) is 60.5 Å². The fourth-order valence-corrected chi connectivity index (χ4v) is 8.31. The number of nitrogens with two attached hydrogens (primary N) is 1. The molecule has 2 aliphatic heterocycles. The minimum atomic E-state index is -3.70. The number of amides is 2. The predicted molar refractivity (Wildman–Crippen MR) is 187 cm³/mol. The summed E-state index contributed by atoms with van der Waals surface area (Å²) in [4.78, 5) is 36.7. The van der Waals surface area contributed by atoms with Crippen LogP contribution in [0.2, 0.25) is 0 Å². The summed E-state index contributed by atoms with van der Waals surface area (Å²) in [7, 11) is -2.07. The van der Waals surface area contributed by atoms with Crippen molar-refractivity contribution in [3.8, 4) is 17.0 Å². The van der Waals surface area contributed by atoms with Crippen LogP contribution in [-0.4, -0.2) is 70.0 Å². The van der Waals surface area contributed by atoms with Crippen molar-refractivity contribution in [1.82, 2.24) is 14.9 Å². The first-order valence-electron chi connectivity index (χ1n) is 16.7. The third kappa shape index (κ3) is 8.50. The third-order valence-electron chi connectivity index (χ3n) is 8.87. The number of para-hydroxylation sites is 1. The minimum absolute atomic E-state index is 0.0825. The van der Waals surface area contributed by atoms with Crippen LogP contribution in [0.25, 0.3) is 11.3 Å². The van der Waals surface area contributed by atoms with Crippen LogP contribution < -0.4 is 15.8 Å². The molecule has 1 atom stereocenters. The summed E-state index contributed by atoms with van der Waals surface area (Å²) in [5, 5.41) is 14.1. The molecule has 1 spiro atoms. The molecule has 49 heavy (non-hydrogen) atoms. The molecular weight excluding hydrogens is 646 g/mol. The molecule has 264 valence electrons. The number of aliphatic hydroxyl groups is 1. The minimum Gasteiger partial charge on any atom is -0.491 e. The highest BCUT2D eigenvalue weighted by atomic mass is 32.2. The van der Waals surface area contributed by atoms with Crippen molar-refractivity contribution in [1.29, 1.82) is 0 Å². The van der Waals surface area contributed by atoms with E-state index in [1.807, 2.05) is 6.07 Å². The van der Waals surface area contributed by atoms with Gasteiger partial charge in [-0.15, -0.1) is 0 Å². The summed E-state index contributed by atoms with van der Waals surface area (Å²) >= 11 is 0. The van der Waals surface area contributed by atoms with Gasteiger partial charge in [0.15, 0.2) is 21.3 Å². The maximum absolute atomic E-state index is 13.7. The van der Waals surface area contributed by atoms with E-state index in [9.17, 15) is 23.1 Å². The quantitative estimate of drug-likeness (QED) is 0.283. The molecule has 0 radical (unpaired) electrons. The number of nitrogens with zero attached hydrogens (tertiary/aromatic N) is 3. The van der Waals surface area contributed by atoms with Gasteiger partial charge in [-0.25, -0.2) is 23.2 Å². The molecule has 3 aromatic rings. The molecule has 1 saturated carbocycles. The lowest BCUT2D eigenvalue weighted by Gasteiger charge is -2.29. The van der Waals surface area contributed by atoms with Crippen LogP contribution in [0.15, 0.2) is 53.6 Å². The van der Waals surface area contributed by atoms with Crippen molar-refractivity contribution in [2.45, 2.75) is 106 Å². The maximum atomic E-state index is 13.7. The Bertz CT molecular complexity index is 1800. The van der Waals surface area contributed by atoms with E-state index in [4.69, 9.17) is 15.2 Å². The number of fused-ring (bicyclic) bond motifs is 11. The molecule has 2 aromatic carbocycles. The van der Waals surface area contributed by atoms with Gasteiger partial charge < -0.3 is 30.5 Å². The molecule has 4 N–H and O–H groups in total. The molecule has 13 heteroatoms. The smallest absolute Gasteiger partial charge is 0.410 e. The average Bonchev–Trinajstić information content (AvgIpc) is 3.81. The number of hydrogen-bond acceptors (Lipinski definition) is 10. The Kier molecular flexibility index (Phi) is 10.3. The van der Waals surface area contributed by atoms with Crippen LogP contribution in [0.1, 0.15) is 95.1 Å². The summed E-state index contributed by atoms with van der Waals surface area (Å²) in [5.41, 5.74) is 6.13. The largest absolute Gasteiger partial charge is 0.491 e. The average molecular weight is 694 g/mol. The number of aromatic nitrogens is 2. The van der Waals surface area contributed by atoms with E-state index in [1.54, 1.807) is 59.0 Å². The number of nitrogen functional groups attached to an aromatic ring is 1. The van der Waals surface area contributed by atoms with Gasteiger partial charge in [0.05, 0.1) is 46.0 Å². The molecular formula is C36H47N5O7S. The second-order valence-corrected chi connectivity index (χ2v) is 16.8. The number of rotatable bonds is 2. The van der Waals surface area contributed by atoms with Gasteiger partial charge in [-0.05, 0) is 78.0 Å². The summed E-state index contributed by atoms with van der Waals surface area (Å²) < 4.78 is 38.3. The van der Waals surface area contributed by atoms with Crippen molar-refractivity contribution in [3.05, 3.63) is 59.9 Å². The van der Waals surface area contributed by atoms with Crippen LogP contribution in [0.5, 0.6) is 5.75 Å². The van der Waals surface area contributed by atoms with Crippen molar-refractivity contribution in [3.63, 3.8) is 0 Å². The summed E-state index contributed by atoms with van der Waals surface area (Å²) in [5.74, 6) is -0.287. The van der Waals surface area contributed by atoms with Crippen LogP contribution in [0, 0.1) is 0 Å². The number of benzene rings is 2. The zero-order chi connectivity index (χ0) is 35.6. The fourth-order valence-electron chi connectivity index (χ4n) is 6.18. The molecule has 1 aromatic heterocycles. The van der Waals surface area contributed by atoms with Gasteiger partial charge in [0.1, 0.15) is 11.4 Å². The van der Waals surface area contributed by atoms with Crippen molar-refractivity contribution < 1.29 is 32.6 Å². The predicted octanol–water partition coefficient (Wildman–Crippen LogP) is 6.14. The lowest BCUT2D eigenvalue weighted by Crippen LogP contribution is -2.36. The number of sulfone groups is 1. The van der Waals surface area contributed by atoms with Gasteiger partial charge in [-0.3, -0.25) is 4.79 Å². The highest BCUT2D eigenvalue weighted by Gasteiger charge is 2.57. The second kappa shape index (κ2) is 13.9. The Morgan fingerprint density at radius 2 is 1.78 bits per heavy atom. The molecule has 0 saturated heterocycles. The van der Waals surface area contributed by atoms with Crippen molar-refractivity contribution >= 4 is 33.3 Å². The number of hydrogen-bond donors (Lipinski definition) is 3. The summed E-state index contributed by atoms with van der Waals surface area (Å²) in [6, 6.07) is 11.6. The Balaban J connectivity index is 1.48. The van der Waals surface area contributed by atoms with Gasteiger partial charge in [0, 0.05) is 18.2 Å². The van der Waals surface area contributed by atoms with E-state index in [1.165, 1.54) is 23.2 Å². The van der Waals surface area contributed by atoms with Gasteiger partial charge in [-0.2, -0.15) is 0 Å². The topological polar surface area (TPSA) is 174 Å². The Morgan fingerprint density at radius 3 is 2.45 bits per heavy atom. The van der Waals surface area contributed by atoms with Gasteiger partial charge in [0.25, 0.3) is 5.91 Å². The number of carbonyl (C=O) groups is 2. The van der Waals surface area contributed by atoms with Crippen LogP contribution in [0.3, 0.4) is 0 Å². The molecule has 1 fully saturated rings. The third-order valence-corrected chi connectivity index (χ3v) is 11.5. The first-order chi connectivity index (χ1) is 23.0. The molecule has 3 aliphatic rings. The monoisotopic (exact) mass is 693 g/mol. The highest BCUT2D eigenvalue weighted by Crippen LogP contribution is 2.52. The van der Waals surface area contributed by atoms with E-state index >= 15 is 0 Å². The summed E-state index contributed by atoms with van der Waals surface area (Å²) in [6.07, 6.45) is 5.65. The summed E-state index contributed by atoms with van der Waals surface area (Å²) in [6.45, 7) is 7.62. The van der Waals surface area contributed by atoms with Crippen molar-refractivity contribution in [2.24, 2.45) is 0 Å². The standard InChI is InChI=1S/C36H47N5O7S/c1-34(2,3)48-33(43)41(5)22-25-11-10-12-27-30(25)47-20-9-7-6-8-17-35(4,44)23-36(18-19-36)49(45,46)26-15-13-24(14-16-26)28-21-38-31(37)29(39-28)32(42)40-27/h10-16,21,44H,6-9,17-20,22-23H2,1-5H3,(H2,37,38)(H,40,42)/t35-/m1/s1. The zero-order valence-electron chi connectivity index (χ0n) is 28.9. The molecule has 0 unspecified atom stereocenters. The number of nitrogens with one attached hydrogen (secondary N) is 1. The first-order valence-corrected chi connectivity index (χ1v) is 18.2. The number of anilines is 2. The van der Waals surface area contributed by atoms with Crippen molar-refractivity contribution in [2.75, 3.05) is 24.7 Å². The van der Waals surface area contributed by atoms with Crippen LogP contribution >= 0.6 is 0 Å². The number of carbonyl (C=O) groups excluding carboxylic acids is 2. The molecule has 6 rings (SSSR count). The Morgan fingerprint density at radius 1 is 1.08 bits per heavy atom. The van der Waals surface area contributed by atoms with E-state index in [0.717, 1.165) is 19.3 Å². The van der Waals surface area contributed by atoms with Gasteiger partial charge in [-0.1, -0.05) is 43.5 Å². The lowest BCUT2D eigenvalue weighted by molar-refractivity contribution is 0.0283. The molecule has 1 aliphatic carbocycles. The first kappa shape index (κ1) is 36.1. The Hall–Kier alpha value is -4.23. The van der Waals surface area contributed by atoms with Gasteiger partial charge >= 0.3 is 6.09 Å². The van der Waals surface area contributed by atoms with Crippen LogP contribution in [0.4, 0.5) is 16.3 Å². The van der Waals surface area contributed by atoms with Crippen LogP contribution in [-0.2, 0) is 21.1 Å². The van der Waals surface area contributed by atoms with E-state index in [-0.39, 0.29) is 29.4 Å². The molecule has 12 nitrogen and oxygen atoms in total. The normalized spacial score (nSPS) is 20.9. The SMILES string of the molecule is CN(Cc1cccc2c1OCCCCCC[C@@](C)(O)CC1(CC1)S(=O)(=O)c1ccc(cc1)-c1cnc(N)c(n1)C(=O)N2)C(=O)OC(C)(C)C. The molecule has 2 amide bonds. The molecule has 3 heterocycles. The maximum Gasteiger partial charge on any atom is 0.410 e. The molecule has 4 bridgehead atoms. The fraction of sp³-hybridized carbons (Fsp3) is 0.500. The lowest BCUT2D eigenvalue weighted by atomic mass is 9.92. The van der Waals surface area contributed by atoms with E-state index in [2.05, 4.69) is 15.3 Å².